The molecular weight excluding hydrogens is 252 g/mol. The molecule has 1 fully saturated rings. The molecule has 0 saturated heterocycles. The van der Waals surface area contributed by atoms with Crippen LogP contribution < -0.4 is 15.2 Å². The smallest absolute Gasteiger partial charge is 0.244 e. The van der Waals surface area contributed by atoms with Crippen LogP contribution in [0.15, 0.2) is 23.1 Å². The summed E-state index contributed by atoms with van der Waals surface area (Å²) in [5.41, 5.74) is 6.08. The van der Waals surface area contributed by atoms with Gasteiger partial charge in [0.05, 0.1) is 7.11 Å². The van der Waals surface area contributed by atoms with Gasteiger partial charge in [-0.15, -0.1) is 0 Å². The minimum atomic E-state index is -3.53. The summed E-state index contributed by atoms with van der Waals surface area (Å²) >= 11 is 0. The second-order valence-corrected chi connectivity index (χ2v) is 6.47. The van der Waals surface area contributed by atoms with E-state index < -0.39 is 10.0 Å². The van der Waals surface area contributed by atoms with Gasteiger partial charge in [0.25, 0.3) is 0 Å². The predicted octanol–water partition coefficient (Wildman–Crippen LogP) is 1.21. The van der Waals surface area contributed by atoms with E-state index in [4.69, 9.17) is 10.5 Å². The normalized spacial score (nSPS) is 22.8. The molecule has 0 amide bonds. The highest BCUT2D eigenvalue weighted by atomic mass is 32.2. The van der Waals surface area contributed by atoms with E-state index in [-0.39, 0.29) is 10.6 Å². The standard InChI is InChI=1S/C12H18N2O3S/c1-8-5-9(8)7-14-18(15,16)12-4-3-10(13)6-11(12)17-2/h3-4,6,8-9,14H,5,7,13H2,1-2H3. The number of nitrogens with one attached hydrogen (secondary N) is 1. The minimum absolute atomic E-state index is 0.132. The number of nitrogens with two attached hydrogens (primary N) is 1. The van der Waals surface area contributed by atoms with E-state index in [1.807, 2.05) is 0 Å². The Morgan fingerprint density at radius 2 is 2.17 bits per heavy atom. The fraction of sp³-hybridized carbons (Fsp3) is 0.500. The summed E-state index contributed by atoms with van der Waals surface area (Å²) in [6.45, 7) is 2.60. The van der Waals surface area contributed by atoms with Gasteiger partial charge in [0, 0.05) is 18.3 Å². The van der Waals surface area contributed by atoms with E-state index in [1.54, 1.807) is 6.07 Å². The third kappa shape index (κ3) is 2.76. The van der Waals surface area contributed by atoms with Gasteiger partial charge in [0.1, 0.15) is 10.6 Å². The molecule has 5 nitrogen and oxygen atoms in total. The molecule has 1 saturated carbocycles. The van der Waals surface area contributed by atoms with Crippen LogP contribution in [0.3, 0.4) is 0 Å². The Morgan fingerprint density at radius 3 is 2.72 bits per heavy atom. The molecule has 6 heteroatoms. The van der Waals surface area contributed by atoms with E-state index >= 15 is 0 Å². The van der Waals surface area contributed by atoms with Crippen molar-refractivity contribution in [2.45, 2.75) is 18.2 Å². The maximum absolute atomic E-state index is 12.1. The van der Waals surface area contributed by atoms with Gasteiger partial charge in [-0.2, -0.15) is 0 Å². The number of ether oxygens (including phenoxy) is 1. The first-order valence-electron chi connectivity index (χ1n) is 5.87. The second-order valence-electron chi connectivity index (χ2n) is 4.74. The highest BCUT2D eigenvalue weighted by Gasteiger charge is 2.33. The molecule has 1 aromatic carbocycles. The van der Waals surface area contributed by atoms with Crippen molar-refractivity contribution in [3.8, 4) is 5.75 Å². The molecule has 1 aliphatic carbocycles. The van der Waals surface area contributed by atoms with Crippen LogP contribution in [0.5, 0.6) is 5.75 Å². The first-order chi connectivity index (χ1) is 8.44. The largest absolute Gasteiger partial charge is 0.495 e. The van der Waals surface area contributed by atoms with Crippen molar-refractivity contribution < 1.29 is 13.2 Å². The molecule has 2 unspecified atom stereocenters. The number of nitrogen functional groups attached to an aromatic ring is 1. The summed E-state index contributed by atoms with van der Waals surface area (Å²) in [7, 11) is -2.10. The highest BCUT2D eigenvalue weighted by Crippen LogP contribution is 2.37. The maximum Gasteiger partial charge on any atom is 0.244 e. The third-order valence-corrected chi connectivity index (χ3v) is 4.75. The quantitative estimate of drug-likeness (QED) is 0.788. The van der Waals surface area contributed by atoms with Crippen molar-refractivity contribution in [1.29, 1.82) is 0 Å². The molecule has 100 valence electrons. The summed E-state index contributed by atoms with van der Waals surface area (Å²) in [4.78, 5) is 0.132. The number of sulfonamides is 1. The van der Waals surface area contributed by atoms with Crippen LogP contribution in [0.2, 0.25) is 0 Å². The molecule has 3 N–H and O–H groups in total. The van der Waals surface area contributed by atoms with Gasteiger partial charge in [0.15, 0.2) is 0 Å². The number of benzene rings is 1. The fourth-order valence-electron chi connectivity index (χ4n) is 1.88. The SMILES string of the molecule is COc1cc(N)ccc1S(=O)(=O)NCC1CC1C. The van der Waals surface area contributed by atoms with E-state index in [0.29, 0.717) is 24.1 Å². The van der Waals surface area contributed by atoms with Crippen molar-refractivity contribution in [3.05, 3.63) is 18.2 Å². The minimum Gasteiger partial charge on any atom is -0.495 e. The lowest BCUT2D eigenvalue weighted by Crippen LogP contribution is -2.26. The Balaban J connectivity index is 2.18. The van der Waals surface area contributed by atoms with Crippen molar-refractivity contribution in [2.75, 3.05) is 19.4 Å². The molecule has 1 aliphatic rings. The van der Waals surface area contributed by atoms with Crippen molar-refractivity contribution in [3.63, 3.8) is 0 Å². The molecule has 0 radical (unpaired) electrons. The Morgan fingerprint density at radius 1 is 1.50 bits per heavy atom. The molecule has 2 atom stereocenters. The first kappa shape index (κ1) is 13.2. The molecular formula is C12H18N2O3S. The van der Waals surface area contributed by atoms with Crippen molar-refractivity contribution in [1.82, 2.24) is 4.72 Å². The number of methoxy groups -OCH3 is 1. The zero-order valence-electron chi connectivity index (χ0n) is 10.5. The lowest BCUT2D eigenvalue weighted by atomic mass is 10.3. The van der Waals surface area contributed by atoms with E-state index in [1.165, 1.54) is 19.2 Å². The second kappa shape index (κ2) is 4.78. The van der Waals surface area contributed by atoms with E-state index in [2.05, 4.69) is 11.6 Å². The van der Waals surface area contributed by atoms with Crippen LogP contribution in [-0.2, 0) is 10.0 Å². The lowest BCUT2D eigenvalue weighted by molar-refractivity contribution is 0.402. The number of rotatable bonds is 5. The molecule has 18 heavy (non-hydrogen) atoms. The van der Waals surface area contributed by atoms with Gasteiger partial charge in [-0.3, -0.25) is 0 Å². The van der Waals surface area contributed by atoms with Crippen LogP contribution in [0.25, 0.3) is 0 Å². The molecule has 0 bridgehead atoms. The summed E-state index contributed by atoms with van der Waals surface area (Å²) in [6, 6.07) is 4.53. The zero-order valence-corrected chi connectivity index (χ0v) is 11.3. The fourth-order valence-corrected chi connectivity index (χ4v) is 3.13. The topological polar surface area (TPSA) is 81.4 Å². The Labute approximate surface area is 107 Å². The number of hydrogen-bond donors (Lipinski definition) is 2. The van der Waals surface area contributed by atoms with Gasteiger partial charge >= 0.3 is 0 Å². The predicted molar refractivity (Wildman–Crippen MR) is 69.9 cm³/mol. The molecule has 0 spiro atoms. The third-order valence-electron chi connectivity index (χ3n) is 3.29. The average molecular weight is 270 g/mol. The molecule has 0 heterocycles. The van der Waals surface area contributed by atoms with Crippen molar-refractivity contribution >= 4 is 15.7 Å². The van der Waals surface area contributed by atoms with Crippen LogP contribution in [0.4, 0.5) is 5.69 Å². The van der Waals surface area contributed by atoms with Gasteiger partial charge < -0.3 is 10.5 Å². The Hall–Kier alpha value is -1.27. The monoisotopic (exact) mass is 270 g/mol. The molecule has 0 aromatic heterocycles. The van der Waals surface area contributed by atoms with Crippen molar-refractivity contribution in [2.24, 2.45) is 11.8 Å². The van der Waals surface area contributed by atoms with Gasteiger partial charge in [-0.25, -0.2) is 13.1 Å². The van der Waals surface area contributed by atoms with E-state index in [9.17, 15) is 8.42 Å². The maximum atomic E-state index is 12.1. The van der Waals surface area contributed by atoms with Gasteiger partial charge in [-0.1, -0.05) is 6.92 Å². The molecule has 2 rings (SSSR count). The number of hydrogen-bond acceptors (Lipinski definition) is 4. The summed E-state index contributed by atoms with van der Waals surface area (Å²) in [6.07, 6.45) is 1.08. The summed E-state index contributed by atoms with van der Waals surface area (Å²) in [5.74, 6) is 1.34. The van der Waals surface area contributed by atoms with Crippen LogP contribution in [0.1, 0.15) is 13.3 Å². The Bertz CT molecular complexity index is 542. The molecule has 0 aliphatic heterocycles. The first-order valence-corrected chi connectivity index (χ1v) is 7.35. The molecule has 1 aromatic rings. The summed E-state index contributed by atoms with van der Waals surface area (Å²) in [5, 5.41) is 0. The number of anilines is 1. The van der Waals surface area contributed by atoms with Gasteiger partial charge in [0.2, 0.25) is 10.0 Å². The van der Waals surface area contributed by atoms with Crippen LogP contribution in [-0.4, -0.2) is 22.1 Å². The summed E-state index contributed by atoms with van der Waals surface area (Å²) < 4.78 is 31.9. The lowest BCUT2D eigenvalue weighted by Gasteiger charge is -2.11. The Kier molecular flexibility index (Phi) is 3.49. The zero-order chi connectivity index (χ0) is 13.3. The average Bonchev–Trinajstić information content (AvgIpc) is 3.02. The van der Waals surface area contributed by atoms with E-state index in [0.717, 1.165) is 6.42 Å². The van der Waals surface area contributed by atoms with Gasteiger partial charge in [-0.05, 0) is 30.4 Å². The van der Waals surface area contributed by atoms with Crippen LogP contribution in [0, 0.1) is 11.8 Å². The van der Waals surface area contributed by atoms with Crippen LogP contribution >= 0.6 is 0 Å². The highest BCUT2D eigenvalue weighted by molar-refractivity contribution is 7.89.